The SMILES string of the molecule is CCCC(=O)OCC(COC(=O)CCC)c1cc(Cl)cc(OC(=O)CCCC(=O)O)c1Oc1ccc(Cl)cc1Cl. The van der Waals surface area contributed by atoms with Gasteiger partial charge in [-0.1, -0.05) is 48.7 Å². The summed E-state index contributed by atoms with van der Waals surface area (Å²) >= 11 is 18.7. The van der Waals surface area contributed by atoms with E-state index in [0.717, 1.165) is 0 Å². The normalized spacial score (nSPS) is 10.8. The van der Waals surface area contributed by atoms with Crippen LogP contribution < -0.4 is 9.47 Å². The Bertz CT molecular complexity index is 1180. The molecule has 0 unspecified atom stereocenters. The maximum Gasteiger partial charge on any atom is 0.311 e. The maximum atomic E-state index is 12.6. The Morgan fingerprint density at radius 2 is 1.40 bits per heavy atom. The molecule has 0 fully saturated rings. The molecule has 0 aliphatic rings. The van der Waals surface area contributed by atoms with Gasteiger partial charge < -0.3 is 24.1 Å². The second-order valence-electron chi connectivity index (χ2n) is 8.78. The minimum absolute atomic E-state index is 0.0169. The molecular weight excluding hydrogens is 587 g/mol. The van der Waals surface area contributed by atoms with Crippen molar-refractivity contribution in [2.24, 2.45) is 0 Å². The van der Waals surface area contributed by atoms with E-state index in [9.17, 15) is 19.2 Å². The van der Waals surface area contributed by atoms with E-state index >= 15 is 0 Å². The Labute approximate surface area is 247 Å². The summed E-state index contributed by atoms with van der Waals surface area (Å²) in [5, 5.41) is 9.55. The number of halogens is 3. The number of rotatable bonds is 16. The van der Waals surface area contributed by atoms with E-state index in [-0.39, 0.29) is 72.6 Å². The van der Waals surface area contributed by atoms with Gasteiger partial charge in [-0.2, -0.15) is 0 Å². The summed E-state index contributed by atoms with van der Waals surface area (Å²) < 4.78 is 22.5. The molecule has 0 aromatic heterocycles. The number of carboxylic acids is 1. The fourth-order valence-electron chi connectivity index (χ4n) is 3.47. The summed E-state index contributed by atoms with van der Waals surface area (Å²) in [6, 6.07) is 7.39. The quantitative estimate of drug-likeness (QED) is 0.152. The molecule has 9 nitrogen and oxygen atoms in total. The first-order valence-corrected chi connectivity index (χ1v) is 13.9. The molecule has 2 aromatic carbocycles. The first kappa shape index (κ1) is 33.2. The van der Waals surface area contributed by atoms with Crippen LogP contribution in [0.25, 0.3) is 0 Å². The van der Waals surface area contributed by atoms with Crippen LogP contribution >= 0.6 is 34.8 Å². The molecule has 0 spiro atoms. The molecule has 1 N–H and O–H groups in total. The molecule has 0 atom stereocenters. The molecule has 0 saturated carbocycles. The lowest BCUT2D eigenvalue weighted by Gasteiger charge is -2.23. The number of hydrogen-bond acceptors (Lipinski definition) is 8. The predicted molar refractivity (Wildman–Crippen MR) is 150 cm³/mol. The summed E-state index contributed by atoms with van der Waals surface area (Å²) in [7, 11) is 0. The summed E-state index contributed by atoms with van der Waals surface area (Å²) in [4.78, 5) is 47.8. The van der Waals surface area contributed by atoms with Crippen LogP contribution in [0.2, 0.25) is 15.1 Å². The predicted octanol–water partition coefficient (Wildman–Crippen LogP) is 7.37. The lowest BCUT2D eigenvalue weighted by Crippen LogP contribution is -2.20. The molecule has 0 heterocycles. The van der Waals surface area contributed by atoms with Crippen molar-refractivity contribution in [1.29, 1.82) is 0 Å². The van der Waals surface area contributed by atoms with Crippen LogP contribution in [0.15, 0.2) is 30.3 Å². The van der Waals surface area contributed by atoms with Crippen LogP contribution in [0, 0.1) is 0 Å². The minimum atomic E-state index is -1.04. The van der Waals surface area contributed by atoms with Crippen molar-refractivity contribution >= 4 is 58.7 Å². The number of benzene rings is 2. The second-order valence-corrected chi connectivity index (χ2v) is 10.1. The summed E-state index contributed by atoms with van der Waals surface area (Å²) in [6.07, 6.45) is 1.22. The van der Waals surface area contributed by atoms with Crippen molar-refractivity contribution in [3.63, 3.8) is 0 Å². The van der Waals surface area contributed by atoms with Gasteiger partial charge in [0.2, 0.25) is 0 Å². The maximum absolute atomic E-state index is 12.6. The van der Waals surface area contributed by atoms with Crippen molar-refractivity contribution < 1.29 is 43.2 Å². The molecule has 0 radical (unpaired) electrons. The average molecular weight is 618 g/mol. The van der Waals surface area contributed by atoms with Gasteiger partial charge in [-0.15, -0.1) is 0 Å². The fourth-order valence-corrected chi connectivity index (χ4v) is 4.13. The zero-order valence-corrected chi connectivity index (χ0v) is 24.4. The van der Waals surface area contributed by atoms with E-state index in [0.29, 0.717) is 23.4 Å². The van der Waals surface area contributed by atoms with E-state index in [1.807, 2.05) is 13.8 Å². The third kappa shape index (κ3) is 11.2. The molecule has 12 heteroatoms. The monoisotopic (exact) mass is 616 g/mol. The number of aliphatic carboxylic acids is 1. The van der Waals surface area contributed by atoms with E-state index in [1.165, 1.54) is 24.3 Å². The highest BCUT2D eigenvalue weighted by Gasteiger charge is 2.26. The third-order valence-corrected chi connectivity index (χ3v) is 6.14. The Morgan fingerprint density at radius 3 is 1.95 bits per heavy atom. The minimum Gasteiger partial charge on any atom is -0.481 e. The number of carbonyl (C=O) groups is 4. The number of ether oxygens (including phenoxy) is 4. The zero-order chi connectivity index (χ0) is 29.7. The lowest BCUT2D eigenvalue weighted by molar-refractivity contribution is -0.147. The van der Waals surface area contributed by atoms with Gasteiger partial charge in [0.15, 0.2) is 11.5 Å². The van der Waals surface area contributed by atoms with Crippen molar-refractivity contribution in [3.05, 3.63) is 51.0 Å². The molecule has 0 bridgehead atoms. The van der Waals surface area contributed by atoms with Crippen LogP contribution in [0.3, 0.4) is 0 Å². The molecule has 0 aliphatic carbocycles. The van der Waals surface area contributed by atoms with Crippen molar-refractivity contribution in [2.45, 2.75) is 64.7 Å². The van der Waals surface area contributed by atoms with E-state index in [1.54, 1.807) is 6.07 Å². The Morgan fingerprint density at radius 1 is 0.775 bits per heavy atom. The van der Waals surface area contributed by atoms with Crippen LogP contribution in [0.1, 0.15) is 70.3 Å². The van der Waals surface area contributed by atoms with Gasteiger partial charge in [-0.25, -0.2) is 0 Å². The molecule has 40 heavy (non-hydrogen) atoms. The van der Waals surface area contributed by atoms with Crippen LogP contribution in [-0.4, -0.2) is 42.2 Å². The van der Waals surface area contributed by atoms with Crippen LogP contribution in [0.4, 0.5) is 0 Å². The summed E-state index contributed by atoms with van der Waals surface area (Å²) in [5.41, 5.74) is 0.320. The van der Waals surface area contributed by atoms with E-state index in [4.69, 9.17) is 58.9 Å². The fraction of sp³-hybridized carbons (Fsp3) is 0.429. The third-order valence-electron chi connectivity index (χ3n) is 5.39. The Balaban J connectivity index is 2.54. The average Bonchev–Trinajstić information content (AvgIpc) is 2.87. The van der Waals surface area contributed by atoms with Gasteiger partial charge in [0.1, 0.15) is 19.0 Å². The van der Waals surface area contributed by atoms with Crippen molar-refractivity contribution in [2.75, 3.05) is 13.2 Å². The highest BCUT2D eigenvalue weighted by atomic mass is 35.5. The van der Waals surface area contributed by atoms with Gasteiger partial charge in [-0.05, 0) is 43.5 Å². The highest BCUT2D eigenvalue weighted by molar-refractivity contribution is 6.35. The molecule has 218 valence electrons. The smallest absolute Gasteiger partial charge is 0.311 e. The molecule has 0 amide bonds. The zero-order valence-electron chi connectivity index (χ0n) is 22.2. The number of carbonyl (C=O) groups excluding carboxylic acids is 3. The number of hydrogen-bond donors (Lipinski definition) is 1. The van der Waals surface area contributed by atoms with E-state index < -0.39 is 29.8 Å². The molecule has 2 rings (SSSR count). The van der Waals surface area contributed by atoms with Crippen molar-refractivity contribution in [3.8, 4) is 17.2 Å². The van der Waals surface area contributed by atoms with Crippen molar-refractivity contribution in [1.82, 2.24) is 0 Å². The van der Waals surface area contributed by atoms with E-state index in [2.05, 4.69) is 0 Å². The Hall–Kier alpha value is -3.01. The standard InChI is InChI=1S/C28H31Cl3O9/c1-3-6-25(34)37-15-17(16-38-26(35)7-4-2)20-12-19(30)14-23(39-27(36)9-5-8-24(32)33)28(20)40-22-11-10-18(29)13-21(22)31/h10-14,17H,3-9,15-16H2,1-2H3,(H,32,33). The van der Waals surface area contributed by atoms with Crippen LogP contribution in [-0.2, 0) is 28.7 Å². The molecule has 2 aromatic rings. The van der Waals surface area contributed by atoms with Gasteiger partial charge in [0, 0.05) is 47.4 Å². The molecular formula is C28H31Cl3O9. The van der Waals surface area contributed by atoms with Gasteiger partial charge in [-0.3, -0.25) is 19.2 Å². The molecule has 0 saturated heterocycles. The molecule has 0 aliphatic heterocycles. The number of carboxylic acid groups (broad SMARTS) is 1. The first-order chi connectivity index (χ1) is 19.0. The van der Waals surface area contributed by atoms with Gasteiger partial charge in [0.25, 0.3) is 0 Å². The van der Waals surface area contributed by atoms with Gasteiger partial charge >= 0.3 is 23.9 Å². The lowest BCUT2D eigenvalue weighted by atomic mass is 9.98. The summed E-state index contributed by atoms with van der Waals surface area (Å²) in [6.45, 7) is 3.30. The van der Waals surface area contributed by atoms with Crippen LogP contribution in [0.5, 0.6) is 17.2 Å². The first-order valence-electron chi connectivity index (χ1n) is 12.7. The summed E-state index contributed by atoms with van der Waals surface area (Å²) in [5.74, 6) is -3.31. The Kier molecular flexibility index (Phi) is 14.1. The van der Waals surface area contributed by atoms with Gasteiger partial charge in [0.05, 0.1) is 10.9 Å². The topological polar surface area (TPSA) is 125 Å². The second kappa shape index (κ2) is 16.9. The highest BCUT2D eigenvalue weighted by Crippen LogP contribution is 2.44. The largest absolute Gasteiger partial charge is 0.481 e. The number of esters is 3.